The number of carbonyl (C=O) groups is 2. The van der Waals surface area contributed by atoms with Crippen molar-refractivity contribution < 1.29 is 22.8 Å². The van der Waals surface area contributed by atoms with Gasteiger partial charge in [0, 0.05) is 5.70 Å². The van der Waals surface area contributed by atoms with Crippen LogP contribution in [0.3, 0.4) is 0 Å². The number of alkyl halides is 3. The molecule has 2 rings (SSSR count). The summed E-state index contributed by atoms with van der Waals surface area (Å²) in [5.74, 6) is -4.79. The lowest BCUT2D eigenvalue weighted by atomic mass is 9.84. The Labute approximate surface area is 133 Å². The van der Waals surface area contributed by atoms with E-state index in [0.29, 0.717) is 0 Å². The van der Waals surface area contributed by atoms with Crippen LogP contribution in [0.5, 0.6) is 0 Å². The SMILES string of the molecule is C=C1NC(=O)[C@](NC(=O)c2ccccc2Cl)(C(F)(F)F)[C@@H]1C#N. The molecule has 0 bridgehead atoms. The molecule has 0 spiro atoms. The summed E-state index contributed by atoms with van der Waals surface area (Å²) < 4.78 is 40.7. The molecule has 0 saturated carbocycles. The van der Waals surface area contributed by atoms with Crippen LogP contribution in [0.2, 0.25) is 5.02 Å². The molecule has 1 fully saturated rings. The Kier molecular flexibility index (Phi) is 4.09. The first kappa shape index (κ1) is 16.8. The Morgan fingerprint density at radius 3 is 2.57 bits per heavy atom. The number of amides is 2. The normalized spacial score (nSPS) is 24.0. The Bertz CT molecular complexity index is 742. The second-order valence-electron chi connectivity index (χ2n) is 4.78. The van der Waals surface area contributed by atoms with E-state index in [1.807, 2.05) is 5.32 Å². The van der Waals surface area contributed by atoms with E-state index >= 15 is 0 Å². The summed E-state index contributed by atoms with van der Waals surface area (Å²) in [4.78, 5) is 24.1. The third kappa shape index (κ3) is 2.53. The fraction of sp³-hybridized carbons (Fsp3) is 0.214. The van der Waals surface area contributed by atoms with Crippen molar-refractivity contribution in [3.05, 3.63) is 47.1 Å². The molecule has 1 saturated heterocycles. The third-order valence-corrected chi connectivity index (χ3v) is 3.75. The van der Waals surface area contributed by atoms with Gasteiger partial charge in [-0.3, -0.25) is 9.59 Å². The first-order valence-corrected chi connectivity index (χ1v) is 6.56. The van der Waals surface area contributed by atoms with Crippen LogP contribution >= 0.6 is 11.6 Å². The number of halogens is 4. The van der Waals surface area contributed by atoms with E-state index in [1.165, 1.54) is 30.3 Å². The highest BCUT2D eigenvalue weighted by Gasteiger charge is 2.70. The van der Waals surface area contributed by atoms with Crippen LogP contribution in [0.25, 0.3) is 0 Å². The molecule has 9 heteroatoms. The average Bonchev–Trinajstić information content (AvgIpc) is 2.69. The molecule has 0 aliphatic carbocycles. The zero-order chi connectivity index (χ0) is 17.4. The quantitative estimate of drug-likeness (QED) is 0.863. The fourth-order valence-electron chi connectivity index (χ4n) is 2.27. The van der Waals surface area contributed by atoms with Gasteiger partial charge in [-0.2, -0.15) is 18.4 Å². The number of carbonyl (C=O) groups excluding carboxylic acids is 2. The average molecular weight is 344 g/mol. The monoisotopic (exact) mass is 343 g/mol. The largest absolute Gasteiger partial charge is 0.422 e. The summed E-state index contributed by atoms with van der Waals surface area (Å²) in [5.41, 5.74) is -4.11. The second kappa shape index (κ2) is 5.59. The van der Waals surface area contributed by atoms with Crippen molar-refractivity contribution in [1.29, 1.82) is 5.26 Å². The molecular weight excluding hydrogens is 335 g/mol. The summed E-state index contributed by atoms with van der Waals surface area (Å²) in [6, 6.07) is 6.76. The van der Waals surface area contributed by atoms with E-state index in [9.17, 15) is 22.8 Å². The molecule has 1 aromatic carbocycles. The van der Waals surface area contributed by atoms with Crippen molar-refractivity contribution >= 4 is 23.4 Å². The van der Waals surface area contributed by atoms with E-state index < -0.39 is 35.1 Å². The summed E-state index contributed by atoms with van der Waals surface area (Å²) in [5, 5.41) is 12.4. The van der Waals surface area contributed by atoms with Gasteiger partial charge in [0.05, 0.1) is 16.7 Å². The molecule has 23 heavy (non-hydrogen) atoms. The number of nitriles is 1. The molecule has 1 aliphatic rings. The van der Waals surface area contributed by atoms with Crippen LogP contribution in [0, 0.1) is 17.2 Å². The third-order valence-electron chi connectivity index (χ3n) is 3.42. The van der Waals surface area contributed by atoms with E-state index in [1.54, 1.807) is 5.32 Å². The number of benzene rings is 1. The smallest absolute Gasteiger partial charge is 0.329 e. The van der Waals surface area contributed by atoms with Crippen LogP contribution in [0.4, 0.5) is 13.2 Å². The maximum absolute atomic E-state index is 13.6. The molecule has 5 nitrogen and oxygen atoms in total. The Morgan fingerprint density at radius 2 is 2.04 bits per heavy atom. The van der Waals surface area contributed by atoms with Crippen molar-refractivity contribution in [2.45, 2.75) is 11.7 Å². The van der Waals surface area contributed by atoms with Gasteiger partial charge in [-0.15, -0.1) is 0 Å². The van der Waals surface area contributed by atoms with Gasteiger partial charge in [0.2, 0.25) is 5.54 Å². The van der Waals surface area contributed by atoms with Crippen LogP contribution in [0.15, 0.2) is 36.5 Å². The van der Waals surface area contributed by atoms with Crippen molar-refractivity contribution in [3.8, 4) is 6.07 Å². The predicted octanol–water partition coefficient (Wildman–Crippen LogP) is 2.15. The first-order chi connectivity index (χ1) is 10.6. The van der Waals surface area contributed by atoms with Crippen LogP contribution < -0.4 is 10.6 Å². The topological polar surface area (TPSA) is 82.0 Å². The fourth-order valence-corrected chi connectivity index (χ4v) is 2.49. The molecule has 1 aliphatic heterocycles. The van der Waals surface area contributed by atoms with Gasteiger partial charge in [0.25, 0.3) is 11.8 Å². The number of nitrogens with zero attached hydrogens (tertiary/aromatic N) is 1. The summed E-state index contributed by atoms with van der Waals surface area (Å²) in [6.07, 6.45) is -5.21. The van der Waals surface area contributed by atoms with Crippen LogP contribution in [-0.4, -0.2) is 23.5 Å². The number of hydrogen-bond acceptors (Lipinski definition) is 3. The zero-order valence-corrected chi connectivity index (χ0v) is 12.1. The summed E-state index contributed by atoms with van der Waals surface area (Å²) in [6.45, 7) is 3.23. The molecule has 0 unspecified atom stereocenters. The van der Waals surface area contributed by atoms with E-state index in [0.717, 1.165) is 0 Å². The van der Waals surface area contributed by atoms with Gasteiger partial charge in [-0.05, 0) is 12.1 Å². The molecular formula is C14H9ClF3N3O2. The van der Waals surface area contributed by atoms with Gasteiger partial charge >= 0.3 is 6.18 Å². The van der Waals surface area contributed by atoms with Gasteiger partial charge < -0.3 is 10.6 Å². The lowest BCUT2D eigenvalue weighted by Crippen LogP contribution is -2.66. The predicted molar refractivity (Wildman–Crippen MR) is 74.1 cm³/mol. The van der Waals surface area contributed by atoms with Crippen molar-refractivity contribution in [2.24, 2.45) is 5.92 Å². The Morgan fingerprint density at radius 1 is 1.43 bits per heavy atom. The minimum absolute atomic E-state index is 0.0898. The summed E-state index contributed by atoms with van der Waals surface area (Å²) in [7, 11) is 0. The zero-order valence-electron chi connectivity index (χ0n) is 11.4. The van der Waals surface area contributed by atoms with Crippen molar-refractivity contribution in [1.82, 2.24) is 10.6 Å². The molecule has 120 valence electrons. The summed E-state index contributed by atoms with van der Waals surface area (Å²) >= 11 is 5.77. The molecule has 1 heterocycles. The highest BCUT2D eigenvalue weighted by atomic mass is 35.5. The second-order valence-corrected chi connectivity index (χ2v) is 5.19. The van der Waals surface area contributed by atoms with Crippen LogP contribution in [0.1, 0.15) is 10.4 Å². The lowest BCUT2D eigenvalue weighted by Gasteiger charge is -2.32. The Balaban J connectivity index is 2.52. The Hall–Kier alpha value is -2.53. The standard InChI is InChI=1S/C14H9ClF3N3O2/c1-7-9(6-19)13(12(23)20-7,14(16,17)18)21-11(22)8-4-2-3-5-10(8)15/h2-5,9H,1H2,(H,20,23)(H,21,22)/t9-,13+/m1/s1. The molecule has 2 atom stereocenters. The maximum atomic E-state index is 13.6. The highest BCUT2D eigenvalue weighted by Crippen LogP contribution is 2.42. The van der Waals surface area contributed by atoms with E-state index in [2.05, 4.69) is 6.58 Å². The van der Waals surface area contributed by atoms with Gasteiger partial charge in [-0.25, -0.2) is 0 Å². The molecule has 1 aromatic rings. The minimum atomic E-state index is -5.21. The van der Waals surface area contributed by atoms with Crippen molar-refractivity contribution in [3.63, 3.8) is 0 Å². The molecule has 0 aromatic heterocycles. The maximum Gasteiger partial charge on any atom is 0.422 e. The van der Waals surface area contributed by atoms with Gasteiger partial charge in [0.15, 0.2) is 0 Å². The number of nitrogens with one attached hydrogen (secondary N) is 2. The van der Waals surface area contributed by atoms with E-state index in [4.69, 9.17) is 16.9 Å². The number of hydrogen-bond donors (Lipinski definition) is 2. The lowest BCUT2D eigenvalue weighted by molar-refractivity contribution is -0.197. The molecule has 2 amide bonds. The van der Waals surface area contributed by atoms with Gasteiger partial charge in [-0.1, -0.05) is 30.3 Å². The number of rotatable bonds is 2. The van der Waals surface area contributed by atoms with E-state index in [-0.39, 0.29) is 10.6 Å². The van der Waals surface area contributed by atoms with Gasteiger partial charge in [0.1, 0.15) is 5.92 Å². The first-order valence-electron chi connectivity index (χ1n) is 6.18. The van der Waals surface area contributed by atoms with Crippen molar-refractivity contribution in [2.75, 3.05) is 0 Å². The van der Waals surface area contributed by atoms with Crippen LogP contribution in [-0.2, 0) is 4.79 Å². The minimum Gasteiger partial charge on any atom is -0.329 e. The molecule has 2 N–H and O–H groups in total. The molecule has 0 radical (unpaired) electrons. The highest BCUT2D eigenvalue weighted by molar-refractivity contribution is 6.33.